The Bertz CT molecular complexity index is 1320. The minimum absolute atomic E-state index is 0.657. The van der Waals surface area contributed by atoms with Crippen molar-refractivity contribution in [1.82, 2.24) is 28.9 Å². The maximum Gasteiger partial charge on any atom is 0.161 e. The summed E-state index contributed by atoms with van der Waals surface area (Å²) in [7, 11) is 1.77. The minimum atomic E-state index is 0.657. The first-order valence-electron chi connectivity index (χ1n) is 9.56. The van der Waals surface area contributed by atoms with Crippen molar-refractivity contribution in [2.45, 2.75) is 20.0 Å². The van der Waals surface area contributed by atoms with E-state index in [1.165, 1.54) is 5.56 Å². The standard InChI is InChI=1S/C22H21N7/c1-16-25-26-22-9-8-19-21(29(16)22)12-20(18-13-24-27(15-18)11-10-23-2)28(19)14-17-6-4-3-5-7-17/h3-10,12-13,15H,11,14H2,1-2H3/b23-10+. The van der Waals surface area contributed by atoms with Crippen LogP contribution in [0.25, 0.3) is 27.9 Å². The zero-order valence-corrected chi connectivity index (χ0v) is 16.4. The quantitative estimate of drug-likeness (QED) is 0.436. The maximum atomic E-state index is 4.50. The van der Waals surface area contributed by atoms with Crippen molar-refractivity contribution >= 4 is 22.9 Å². The molecular weight excluding hydrogens is 362 g/mol. The first-order chi connectivity index (χ1) is 14.2. The van der Waals surface area contributed by atoms with Gasteiger partial charge in [0, 0.05) is 31.6 Å². The van der Waals surface area contributed by atoms with Crippen molar-refractivity contribution < 1.29 is 0 Å². The summed E-state index contributed by atoms with van der Waals surface area (Å²) >= 11 is 0. The van der Waals surface area contributed by atoms with E-state index in [2.05, 4.69) is 71.9 Å². The van der Waals surface area contributed by atoms with Crippen LogP contribution in [0.4, 0.5) is 0 Å². The SMILES string of the molecule is C/N=C/Cn1cc(-c2cc3c(ccc4nnc(C)n43)n2Cc2ccccc2)cn1. The first-order valence-corrected chi connectivity index (χ1v) is 9.56. The predicted octanol–water partition coefficient (Wildman–Crippen LogP) is 3.60. The fraction of sp³-hybridized carbons (Fsp3) is 0.182. The van der Waals surface area contributed by atoms with Gasteiger partial charge in [0.15, 0.2) is 5.65 Å². The van der Waals surface area contributed by atoms with Gasteiger partial charge in [0.05, 0.1) is 29.5 Å². The van der Waals surface area contributed by atoms with E-state index >= 15 is 0 Å². The van der Waals surface area contributed by atoms with Crippen molar-refractivity contribution in [3.63, 3.8) is 0 Å². The molecule has 5 rings (SSSR count). The third-order valence-corrected chi connectivity index (χ3v) is 5.16. The Morgan fingerprint density at radius 2 is 1.90 bits per heavy atom. The van der Waals surface area contributed by atoms with E-state index in [0.29, 0.717) is 6.54 Å². The Morgan fingerprint density at radius 3 is 2.72 bits per heavy atom. The van der Waals surface area contributed by atoms with E-state index in [1.807, 2.05) is 36.1 Å². The largest absolute Gasteiger partial charge is 0.335 e. The van der Waals surface area contributed by atoms with E-state index in [-0.39, 0.29) is 0 Å². The third-order valence-electron chi connectivity index (χ3n) is 5.16. The Hall–Kier alpha value is -3.74. The van der Waals surface area contributed by atoms with Gasteiger partial charge >= 0.3 is 0 Å². The van der Waals surface area contributed by atoms with E-state index < -0.39 is 0 Å². The van der Waals surface area contributed by atoms with Crippen molar-refractivity contribution in [1.29, 1.82) is 0 Å². The van der Waals surface area contributed by atoms with Gasteiger partial charge in [-0.25, -0.2) is 0 Å². The normalized spacial score (nSPS) is 11.9. The van der Waals surface area contributed by atoms with E-state index in [0.717, 1.165) is 40.3 Å². The molecule has 4 aromatic heterocycles. The van der Waals surface area contributed by atoms with E-state index in [1.54, 1.807) is 7.05 Å². The summed E-state index contributed by atoms with van der Waals surface area (Å²) in [4.78, 5) is 4.05. The van der Waals surface area contributed by atoms with Crippen molar-refractivity contribution in [3.8, 4) is 11.3 Å². The van der Waals surface area contributed by atoms with Crippen molar-refractivity contribution in [3.05, 3.63) is 72.3 Å². The molecule has 0 unspecified atom stereocenters. The molecule has 0 fully saturated rings. The molecule has 0 N–H and O–H groups in total. The molecule has 0 spiro atoms. The number of aromatic nitrogens is 6. The van der Waals surface area contributed by atoms with Crippen LogP contribution in [0.1, 0.15) is 11.4 Å². The van der Waals surface area contributed by atoms with Gasteiger partial charge in [-0.05, 0) is 30.7 Å². The number of hydrogen-bond acceptors (Lipinski definition) is 4. The zero-order valence-electron chi connectivity index (χ0n) is 16.4. The smallest absolute Gasteiger partial charge is 0.161 e. The summed E-state index contributed by atoms with van der Waals surface area (Å²) in [5, 5.41) is 13.0. The number of nitrogens with zero attached hydrogens (tertiary/aromatic N) is 7. The van der Waals surface area contributed by atoms with Crippen LogP contribution >= 0.6 is 0 Å². The molecule has 0 aliphatic heterocycles. The van der Waals surface area contributed by atoms with Gasteiger partial charge in [0.2, 0.25) is 0 Å². The fourth-order valence-electron chi connectivity index (χ4n) is 3.78. The lowest BCUT2D eigenvalue weighted by atomic mass is 10.2. The average molecular weight is 383 g/mol. The summed E-state index contributed by atoms with van der Waals surface area (Å²) in [6.07, 6.45) is 5.82. The Kier molecular flexibility index (Phi) is 4.20. The summed E-state index contributed by atoms with van der Waals surface area (Å²) in [5.74, 6) is 0.879. The molecule has 0 aliphatic carbocycles. The molecule has 144 valence electrons. The van der Waals surface area contributed by atoms with Crippen LogP contribution in [0.15, 0.2) is 65.9 Å². The Labute approximate surface area is 167 Å². The maximum absolute atomic E-state index is 4.50. The first kappa shape index (κ1) is 17.4. The van der Waals surface area contributed by atoms with Gasteiger partial charge in [0.25, 0.3) is 0 Å². The number of aryl methyl sites for hydroxylation is 1. The van der Waals surface area contributed by atoms with Gasteiger partial charge in [-0.2, -0.15) is 5.10 Å². The fourth-order valence-corrected chi connectivity index (χ4v) is 3.78. The molecule has 7 heteroatoms. The summed E-state index contributed by atoms with van der Waals surface area (Å²) in [6.45, 7) is 3.41. The summed E-state index contributed by atoms with van der Waals surface area (Å²) in [6, 6.07) is 16.8. The van der Waals surface area contributed by atoms with Crippen LogP contribution in [0.3, 0.4) is 0 Å². The molecule has 0 aliphatic rings. The molecule has 0 saturated carbocycles. The lowest BCUT2D eigenvalue weighted by molar-refractivity contribution is 0.731. The van der Waals surface area contributed by atoms with Crippen molar-refractivity contribution in [2.24, 2.45) is 4.99 Å². The highest BCUT2D eigenvalue weighted by molar-refractivity contribution is 5.86. The minimum Gasteiger partial charge on any atom is -0.335 e. The van der Waals surface area contributed by atoms with Crippen LogP contribution in [0.5, 0.6) is 0 Å². The number of rotatable bonds is 5. The number of pyridine rings is 1. The number of hydrogen-bond donors (Lipinski definition) is 0. The van der Waals surface area contributed by atoms with Gasteiger partial charge < -0.3 is 4.57 Å². The van der Waals surface area contributed by atoms with Crippen molar-refractivity contribution in [2.75, 3.05) is 7.05 Å². The van der Waals surface area contributed by atoms with Crippen LogP contribution < -0.4 is 0 Å². The Morgan fingerprint density at radius 1 is 1.03 bits per heavy atom. The second-order valence-corrected chi connectivity index (χ2v) is 7.04. The topological polar surface area (TPSA) is 65.3 Å². The summed E-state index contributed by atoms with van der Waals surface area (Å²) in [5.41, 5.74) is 6.52. The lowest BCUT2D eigenvalue weighted by Gasteiger charge is -2.10. The highest BCUT2D eigenvalue weighted by Gasteiger charge is 2.16. The molecule has 7 nitrogen and oxygen atoms in total. The molecule has 29 heavy (non-hydrogen) atoms. The second-order valence-electron chi connectivity index (χ2n) is 7.04. The van der Waals surface area contributed by atoms with Gasteiger partial charge in [-0.15, -0.1) is 10.2 Å². The zero-order chi connectivity index (χ0) is 19.8. The summed E-state index contributed by atoms with van der Waals surface area (Å²) < 4.78 is 6.33. The molecule has 0 radical (unpaired) electrons. The molecule has 1 aromatic carbocycles. The van der Waals surface area contributed by atoms with Gasteiger partial charge in [-0.3, -0.25) is 14.1 Å². The molecule has 4 heterocycles. The highest BCUT2D eigenvalue weighted by atomic mass is 15.3. The van der Waals surface area contributed by atoms with E-state index in [4.69, 9.17) is 0 Å². The highest BCUT2D eigenvalue weighted by Crippen LogP contribution is 2.30. The Balaban J connectivity index is 1.72. The number of benzene rings is 1. The average Bonchev–Trinajstić information content (AvgIpc) is 3.45. The molecule has 0 amide bonds. The van der Waals surface area contributed by atoms with Crippen LogP contribution in [-0.2, 0) is 13.1 Å². The molecular formula is C22H21N7. The number of aliphatic imine (C=N–C) groups is 1. The van der Waals surface area contributed by atoms with Crippen LogP contribution in [0, 0.1) is 6.92 Å². The second kappa shape index (κ2) is 7.01. The third kappa shape index (κ3) is 3.00. The lowest BCUT2D eigenvalue weighted by Crippen LogP contribution is -2.02. The molecule has 5 aromatic rings. The predicted molar refractivity (Wildman–Crippen MR) is 114 cm³/mol. The monoisotopic (exact) mass is 383 g/mol. The molecule has 0 atom stereocenters. The van der Waals surface area contributed by atoms with Gasteiger partial charge in [-0.1, -0.05) is 30.3 Å². The number of fused-ring (bicyclic) bond motifs is 3. The van der Waals surface area contributed by atoms with Crippen LogP contribution in [-0.4, -0.2) is 42.2 Å². The van der Waals surface area contributed by atoms with Gasteiger partial charge in [0.1, 0.15) is 5.82 Å². The molecule has 0 saturated heterocycles. The van der Waals surface area contributed by atoms with E-state index in [9.17, 15) is 0 Å². The molecule has 0 bridgehead atoms. The van der Waals surface area contributed by atoms with Crippen LogP contribution in [0.2, 0.25) is 0 Å².